The van der Waals surface area contributed by atoms with Crippen molar-refractivity contribution in [3.05, 3.63) is 53.8 Å². The van der Waals surface area contributed by atoms with Crippen LogP contribution in [0, 0.1) is 5.82 Å². The van der Waals surface area contributed by atoms with E-state index in [1.54, 1.807) is 12.1 Å². The normalized spacial score (nSPS) is 17.1. The predicted molar refractivity (Wildman–Crippen MR) is 69.1 cm³/mol. The number of para-hydroxylation sites is 1. The van der Waals surface area contributed by atoms with E-state index in [1.807, 2.05) is 24.3 Å². The molecule has 3 rings (SSSR count). The molecule has 0 saturated carbocycles. The summed E-state index contributed by atoms with van der Waals surface area (Å²) in [6.07, 6.45) is 0. The highest BCUT2D eigenvalue weighted by Crippen LogP contribution is 2.34. The average molecular weight is 244 g/mol. The highest BCUT2D eigenvalue weighted by Gasteiger charge is 2.23. The van der Waals surface area contributed by atoms with Gasteiger partial charge in [0.1, 0.15) is 18.2 Å². The summed E-state index contributed by atoms with van der Waals surface area (Å²) in [6, 6.07) is 12.4. The van der Waals surface area contributed by atoms with Crippen LogP contribution in [-0.4, -0.2) is 6.61 Å². The molecular formula is C14H13FN2O. The number of rotatable bonds is 2. The molecule has 1 aliphatic rings. The van der Waals surface area contributed by atoms with Crippen LogP contribution < -0.4 is 15.8 Å². The van der Waals surface area contributed by atoms with Gasteiger partial charge in [0, 0.05) is 11.3 Å². The summed E-state index contributed by atoms with van der Waals surface area (Å²) in [5.41, 5.74) is 7.43. The van der Waals surface area contributed by atoms with Crippen LogP contribution in [0.15, 0.2) is 42.5 Å². The predicted octanol–water partition coefficient (Wildman–Crippen LogP) is 2.95. The Balaban J connectivity index is 1.86. The monoisotopic (exact) mass is 244 g/mol. The largest absolute Gasteiger partial charge is 0.491 e. The van der Waals surface area contributed by atoms with Crippen molar-refractivity contribution in [2.45, 2.75) is 6.04 Å². The van der Waals surface area contributed by atoms with Crippen LogP contribution in [0.5, 0.6) is 5.75 Å². The quantitative estimate of drug-likeness (QED) is 0.798. The van der Waals surface area contributed by atoms with Crippen LogP contribution in [0.25, 0.3) is 0 Å². The SMILES string of the molecule is Nc1ccc(NC2COc3ccccc32)c(F)c1. The Morgan fingerprint density at radius 2 is 2.06 bits per heavy atom. The van der Waals surface area contributed by atoms with Crippen molar-refractivity contribution in [3.8, 4) is 5.75 Å². The van der Waals surface area contributed by atoms with Gasteiger partial charge in [0.15, 0.2) is 0 Å². The van der Waals surface area contributed by atoms with Crippen LogP contribution >= 0.6 is 0 Å². The minimum Gasteiger partial charge on any atom is -0.491 e. The molecule has 1 atom stereocenters. The van der Waals surface area contributed by atoms with Crippen LogP contribution in [0.2, 0.25) is 0 Å². The van der Waals surface area contributed by atoms with Crippen molar-refractivity contribution in [3.63, 3.8) is 0 Å². The van der Waals surface area contributed by atoms with Crippen LogP contribution in [0.4, 0.5) is 15.8 Å². The first-order valence-electron chi connectivity index (χ1n) is 5.77. The summed E-state index contributed by atoms with van der Waals surface area (Å²) in [4.78, 5) is 0. The zero-order valence-electron chi connectivity index (χ0n) is 9.69. The van der Waals surface area contributed by atoms with Gasteiger partial charge >= 0.3 is 0 Å². The molecule has 0 bridgehead atoms. The number of ether oxygens (including phenoxy) is 1. The minimum absolute atomic E-state index is 0.0284. The molecule has 4 heteroatoms. The van der Waals surface area contributed by atoms with E-state index < -0.39 is 0 Å². The number of nitrogens with one attached hydrogen (secondary N) is 1. The smallest absolute Gasteiger partial charge is 0.148 e. The molecular weight excluding hydrogens is 231 g/mol. The van der Waals surface area contributed by atoms with E-state index in [0.29, 0.717) is 18.0 Å². The van der Waals surface area contributed by atoms with Gasteiger partial charge in [-0.1, -0.05) is 18.2 Å². The third-order valence-corrected chi connectivity index (χ3v) is 3.02. The third-order valence-electron chi connectivity index (χ3n) is 3.02. The van der Waals surface area contributed by atoms with Gasteiger partial charge in [-0.2, -0.15) is 0 Å². The van der Waals surface area contributed by atoms with Gasteiger partial charge in [-0.3, -0.25) is 0 Å². The van der Waals surface area contributed by atoms with E-state index in [-0.39, 0.29) is 11.9 Å². The maximum absolute atomic E-state index is 13.7. The lowest BCUT2D eigenvalue weighted by molar-refractivity contribution is 0.339. The fraction of sp³-hybridized carbons (Fsp3) is 0.143. The molecule has 18 heavy (non-hydrogen) atoms. The standard InChI is InChI=1S/C14H13FN2O/c15-11-7-9(16)5-6-12(11)17-13-8-18-14-4-2-1-3-10(13)14/h1-7,13,17H,8,16H2. The Hall–Kier alpha value is -2.23. The molecule has 0 radical (unpaired) electrons. The zero-order chi connectivity index (χ0) is 12.5. The van der Waals surface area contributed by atoms with Gasteiger partial charge in [0.05, 0.1) is 11.7 Å². The van der Waals surface area contributed by atoms with Crippen LogP contribution in [-0.2, 0) is 0 Å². The maximum atomic E-state index is 13.7. The van der Waals surface area contributed by atoms with Gasteiger partial charge in [-0.25, -0.2) is 4.39 Å². The number of anilines is 2. The molecule has 92 valence electrons. The zero-order valence-corrected chi connectivity index (χ0v) is 9.69. The lowest BCUT2D eigenvalue weighted by Crippen LogP contribution is -2.13. The summed E-state index contributed by atoms with van der Waals surface area (Å²) in [5, 5.41) is 3.14. The number of hydrogen-bond donors (Lipinski definition) is 2. The van der Waals surface area contributed by atoms with Crippen molar-refractivity contribution in [1.29, 1.82) is 0 Å². The molecule has 0 spiro atoms. The number of hydrogen-bond acceptors (Lipinski definition) is 3. The second-order valence-corrected chi connectivity index (χ2v) is 4.29. The number of nitrogen functional groups attached to an aromatic ring is 1. The van der Waals surface area contributed by atoms with E-state index in [4.69, 9.17) is 10.5 Å². The summed E-state index contributed by atoms with van der Waals surface area (Å²) < 4.78 is 19.2. The second kappa shape index (κ2) is 4.22. The molecule has 0 saturated heterocycles. The Kier molecular flexibility index (Phi) is 2.55. The van der Waals surface area contributed by atoms with Crippen molar-refractivity contribution >= 4 is 11.4 Å². The molecule has 0 amide bonds. The Bertz CT molecular complexity index is 586. The second-order valence-electron chi connectivity index (χ2n) is 4.29. The van der Waals surface area contributed by atoms with Crippen molar-refractivity contribution in [1.82, 2.24) is 0 Å². The van der Waals surface area contributed by atoms with Crippen LogP contribution in [0.3, 0.4) is 0 Å². The Morgan fingerprint density at radius 1 is 1.22 bits per heavy atom. The molecule has 2 aromatic carbocycles. The van der Waals surface area contributed by atoms with Crippen molar-refractivity contribution in [2.75, 3.05) is 17.7 Å². The molecule has 0 fully saturated rings. The first-order valence-corrected chi connectivity index (χ1v) is 5.77. The first kappa shape index (κ1) is 10.9. The van der Waals surface area contributed by atoms with Gasteiger partial charge in [0.25, 0.3) is 0 Å². The lowest BCUT2D eigenvalue weighted by atomic mass is 10.1. The van der Waals surface area contributed by atoms with E-state index in [0.717, 1.165) is 11.3 Å². The minimum atomic E-state index is -0.348. The maximum Gasteiger partial charge on any atom is 0.148 e. The van der Waals surface area contributed by atoms with Crippen molar-refractivity contribution in [2.24, 2.45) is 0 Å². The fourth-order valence-electron chi connectivity index (χ4n) is 2.12. The Labute approximate surface area is 104 Å². The average Bonchev–Trinajstić information content (AvgIpc) is 2.76. The first-order chi connectivity index (χ1) is 8.74. The molecule has 3 nitrogen and oxygen atoms in total. The fourth-order valence-corrected chi connectivity index (χ4v) is 2.12. The third kappa shape index (κ3) is 1.86. The van der Waals surface area contributed by atoms with E-state index in [2.05, 4.69) is 5.32 Å². The number of fused-ring (bicyclic) bond motifs is 1. The van der Waals surface area contributed by atoms with Crippen LogP contribution in [0.1, 0.15) is 11.6 Å². The van der Waals surface area contributed by atoms with Gasteiger partial charge in [-0.15, -0.1) is 0 Å². The highest BCUT2D eigenvalue weighted by molar-refractivity contribution is 5.55. The molecule has 0 aromatic heterocycles. The van der Waals surface area contributed by atoms with E-state index in [9.17, 15) is 4.39 Å². The number of halogens is 1. The lowest BCUT2D eigenvalue weighted by Gasteiger charge is -2.14. The van der Waals surface area contributed by atoms with Crippen molar-refractivity contribution < 1.29 is 9.13 Å². The van der Waals surface area contributed by atoms with Gasteiger partial charge in [-0.05, 0) is 24.3 Å². The molecule has 1 aliphatic heterocycles. The van der Waals surface area contributed by atoms with E-state index in [1.165, 1.54) is 6.07 Å². The molecule has 3 N–H and O–H groups in total. The molecule has 2 aromatic rings. The summed E-state index contributed by atoms with van der Waals surface area (Å²) in [5.74, 6) is 0.505. The van der Waals surface area contributed by atoms with E-state index >= 15 is 0 Å². The Morgan fingerprint density at radius 3 is 2.89 bits per heavy atom. The summed E-state index contributed by atoms with van der Waals surface area (Å²) in [7, 11) is 0. The molecule has 0 aliphatic carbocycles. The van der Waals surface area contributed by atoms with Gasteiger partial charge < -0.3 is 15.8 Å². The number of benzene rings is 2. The summed E-state index contributed by atoms with van der Waals surface area (Å²) in [6.45, 7) is 0.503. The summed E-state index contributed by atoms with van der Waals surface area (Å²) >= 11 is 0. The number of nitrogens with two attached hydrogens (primary N) is 1. The highest BCUT2D eigenvalue weighted by atomic mass is 19.1. The topological polar surface area (TPSA) is 47.3 Å². The van der Waals surface area contributed by atoms with Gasteiger partial charge in [0.2, 0.25) is 0 Å². The molecule has 1 unspecified atom stereocenters. The molecule has 1 heterocycles.